The second-order valence-electron chi connectivity index (χ2n) is 1.13. The van der Waals surface area contributed by atoms with Crippen molar-refractivity contribution >= 4 is 13.8 Å². The number of hydrogen-bond acceptors (Lipinski definition) is 2. The van der Waals surface area contributed by atoms with Crippen molar-refractivity contribution in [3.8, 4) is 0 Å². The summed E-state index contributed by atoms with van der Waals surface area (Å²) in [7, 11) is -1.53. The standard InChI is InChI=1S/C5H9O2P/c1-3-5-7-8(6)4-2/h3-4H,1,5H2,2H3. The van der Waals surface area contributed by atoms with Gasteiger partial charge in [-0.1, -0.05) is 6.08 Å². The summed E-state index contributed by atoms with van der Waals surface area (Å²) in [5.41, 5.74) is 0. The lowest BCUT2D eigenvalue weighted by molar-refractivity contribution is -0.171. The van der Waals surface area contributed by atoms with Crippen LogP contribution in [0.15, 0.2) is 12.7 Å². The SMILES string of the molecule is C=CCO/[P+]([O-])=C/C. The Hall–Kier alpha value is -0.170. The highest BCUT2D eigenvalue weighted by Gasteiger charge is 1.87. The van der Waals surface area contributed by atoms with E-state index in [0.29, 0.717) is 6.61 Å². The van der Waals surface area contributed by atoms with Gasteiger partial charge in [0.2, 0.25) is 8.00 Å². The van der Waals surface area contributed by atoms with Gasteiger partial charge in [-0.05, 0) is 6.92 Å². The molecule has 0 aromatic heterocycles. The van der Waals surface area contributed by atoms with E-state index in [0.717, 1.165) is 0 Å². The molecule has 0 amide bonds. The molecule has 0 saturated carbocycles. The van der Waals surface area contributed by atoms with Gasteiger partial charge in [0, 0.05) is 0 Å². The van der Waals surface area contributed by atoms with E-state index in [-0.39, 0.29) is 0 Å². The van der Waals surface area contributed by atoms with Crippen LogP contribution >= 0.6 is 8.00 Å². The van der Waals surface area contributed by atoms with Crippen molar-refractivity contribution in [1.29, 1.82) is 0 Å². The highest BCUT2D eigenvalue weighted by Crippen LogP contribution is 2.08. The fourth-order valence-electron chi connectivity index (χ4n) is 0.201. The largest absolute Gasteiger partial charge is 0.603 e. The first-order chi connectivity index (χ1) is 3.81. The van der Waals surface area contributed by atoms with Gasteiger partial charge in [-0.3, -0.25) is 0 Å². The smallest absolute Gasteiger partial charge is 0.216 e. The topological polar surface area (TPSA) is 32.3 Å². The fourth-order valence-corrected chi connectivity index (χ4v) is 0.602. The highest BCUT2D eigenvalue weighted by atomic mass is 31.1. The van der Waals surface area contributed by atoms with Crippen molar-refractivity contribution in [2.45, 2.75) is 6.92 Å². The van der Waals surface area contributed by atoms with Gasteiger partial charge in [-0.15, -0.1) is 6.58 Å². The van der Waals surface area contributed by atoms with E-state index in [1.54, 1.807) is 13.0 Å². The lowest BCUT2D eigenvalue weighted by Crippen LogP contribution is -1.92. The maximum Gasteiger partial charge on any atom is 0.216 e. The van der Waals surface area contributed by atoms with E-state index in [2.05, 4.69) is 11.1 Å². The molecule has 3 heteroatoms. The van der Waals surface area contributed by atoms with Crippen LogP contribution in [0.5, 0.6) is 0 Å². The molecular weight excluding hydrogens is 123 g/mol. The van der Waals surface area contributed by atoms with Crippen LogP contribution in [-0.4, -0.2) is 12.4 Å². The molecule has 46 valence electrons. The van der Waals surface area contributed by atoms with Crippen molar-refractivity contribution in [3.05, 3.63) is 12.7 Å². The van der Waals surface area contributed by atoms with Crippen molar-refractivity contribution in [3.63, 3.8) is 0 Å². The summed E-state index contributed by atoms with van der Waals surface area (Å²) < 4.78 is 4.68. The molecule has 0 fully saturated rings. The Bertz CT molecular complexity index is 98.6. The first-order valence-electron chi connectivity index (χ1n) is 2.31. The van der Waals surface area contributed by atoms with E-state index in [1.807, 2.05) is 0 Å². The van der Waals surface area contributed by atoms with Gasteiger partial charge in [0.05, 0.1) is 0 Å². The third-order valence-electron chi connectivity index (χ3n) is 0.530. The van der Waals surface area contributed by atoms with Crippen LogP contribution in [0.25, 0.3) is 0 Å². The zero-order valence-electron chi connectivity index (χ0n) is 4.83. The molecule has 0 bridgehead atoms. The minimum atomic E-state index is -1.53. The molecule has 0 spiro atoms. The van der Waals surface area contributed by atoms with E-state index in [4.69, 9.17) is 0 Å². The summed E-state index contributed by atoms with van der Waals surface area (Å²) in [6.45, 7) is 5.46. The van der Waals surface area contributed by atoms with E-state index >= 15 is 0 Å². The third-order valence-corrected chi connectivity index (χ3v) is 1.36. The van der Waals surface area contributed by atoms with Crippen LogP contribution in [-0.2, 0) is 4.52 Å². The Morgan fingerprint density at radius 3 is 2.88 bits per heavy atom. The van der Waals surface area contributed by atoms with Crippen molar-refractivity contribution in [2.75, 3.05) is 6.61 Å². The molecule has 0 aliphatic carbocycles. The van der Waals surface area contributed by atoms with Gasteiger partial charge in [0.15, 0.2) is 0 Å². The Balaban J connectivity index is 3.24. The van der Waals surface area contributed by atoms with E-state index < -0.39 is 8.00 Å². The zero-order valence-corrected chi connectivity index (χ0v) is 5.73. The molecule has 0 saturated heterocycles. The van der Waals surface area contributed by atoms with Gasteiger partial charge >= 0.3 is 0 Å². The van der Waals surface area contributed by atoms with Crippen LogP contribution < -0.4 is 4.89 Å². The molecule has 0 heterocycles. The summed E-state index contributed by atoms with van der Waals surface area (Å²) >= 11 is 0. The van der Waals surface area contributed by atoms with Crippen molar-refractivity contribution in [1.82, 2.24) is 0 Å². The van der Waals surface area contributed by atoms with Crippen LogP contribution in [0.2, 0.25) is 0 Å². The predicted octanol–water partition coefficient (Wildman–Crippen LogP) is 0.683. The fraction of sp³-hybridized carbons (Fsp3) is 0.400. The lowest BCUT2D eigenvalue weighted by atomic mass is 10.7. The Morgan fingerprint density at radius 2 is 2.50 bits per heavy atom. The maximum absolute atomic E-state index is 10.4. The molecule has 0 aromatic carbocycles. The Kier molecular flexibility index (Phi) is 4.87. The van der Waals surface area contributed by atoms with Gasteiger partial charge in [0.1, 0.15) is 12.4 Å². The summed E-state index contributed by atoms with van der Waals surface area (Å²) in [4.78, 5) is 10.4. The first-order valence-corrected chi connectivity index (χ1v) is 3.55. The normalized spacial score (nSPS) is 11.5. The minimum absolute atomic E-state index is 0.361. The van der Waals surface area contributed by atoms with E-state index in [9.17, 15) is 4.89 Å². The molecule has 1 atom stereocenters. The molecule has 0 radical (unpaired) electrons. The van der Waals surface area contributed by atoms with Crippen LogP contribution in [0.4, 0.5) is 0 Å². The van der Waals surface area contributed by atoms with Crippen LogP contribution in [0.3, 0.4) is 0 Å². The van der Waals surface area contributed by atoms with E-state index in [1.165, 1.54) is 5.80 Å². The first kappa shape index (κ1) is 7.83. The molecule has 8 heavy (non-hydrogen) atoms. The number of rotatable bonds is 3. The van der Waals surface area contributed by atoms with Crippen molar-refractivity contribution < 1.29 is 9.42 Å². The lowest BCUT2D eigenvalue weighted by Gasteiger charge is -1.90. The van der Waals surface area contributed by atoms with Crippen LogP contribution in [0, 0.1) is 0 Å². The summed E-state index contributed by atoms with van der Waals surface area (Å²) in [5.74, 6) is 1.51. The Morgan fingerprint density at radius 1 is 1.88 bits per heavy atom. The van der Waals surface area contributed by atoms with Gasteiger partial charge in [-0.25, -0.2) is 0 Å². The third kappa shape index (κ3) is 4.00. The predicted molar refractivity (Wildman–Crippen MR) is 34.8 cm³/mol. The summed E-state index contributed by atoms with van der Waals surface area (Å²) in [6.07, 6.45) is 1.57. The summed E-state index contributed by atoms with van der Waals surface area (Å²) in [6, 6.07) is 0. The Labute approximate surface area is 50.3 Å². The van der Waals surface area contributed by atoms with Crippen molar-refractivity contribution in [2.24, 2.45) is 0 Å². The highest BCUT2D eigenvalue weighted by molar-refractivity contribution is 7.44. The number of hydrogen-bond donors (Lipinski definition) is 0. The van der Waals surface area contributed by atoms with Crippen LogP contribution in [0.1, 0.15) is 6.92 Å². The molecule has 2 nitrogen and oxygen atoms in total. The average molecular weight is 132 g/mol. The molecule has 0 N–H and O–H groups in total. The molecule has 0 rings (SSSR count). The quantitative estimate of drug-likeness (QED) is 0.418. The summed E-state index contributed by atoms with van der Waals surface area (Å²) in [5, 5.41) is 0. The zero-order chi connectivity index (χ0) is 6.41. The molecule has 0 aliphatic heterocycles. The molecule has 0 aliphatic rings. The van der Waals surface area contributed by atoms with Gasteiger partial charge in [-0.2, -0.15) is 4.52 Å². The monoisotopic (exact) mass is 132 g/mol. The second kappa shape index (κ2) is 4.98. The molecule has 0 aromatic rings. The van der Waals surface area contributed by atoms with Gasteiger partial charge < -0.3 is 4.89 Å². The maximum atomic E-state index is 10.4. The molecular formula is C5H9O2P. The minimum Gasteiger partial charge on any atom is -0.603 e. The molecule has 1 unspecified atom stereocenters. The van der Waals surface area contributed by atoms with Gasteiger partial charge in [0.25, 0.3) is 0 Å². The second-order valence-corrected chi connectivity index (χ2v) is 2.47. The average Bonchev–Trinajstić information content (AvgIpc) is 1.83.